The molecule has 0 radical (unpaired) electrons. The van der Waals surface area contributed by atoms with Gasteiger partial charge in [0, 0.05) is 5.69 Å². The fourth-order valence-corrected chi connectivity index (χ4v) is 2.80. The number of ether oxygens (including phenoxy) is 1. The van der Waals surface area contributed by atoms with Crippen molar-refractivity contribution >= 4 is 28.6 Å². The van der Waals surface area contributed by atoms with Crippen molar-refractivity contribution in [1.29, 1.82) is 0 Å². The van der Waals surface area contributed by atoms with Crippen LogP contribution in [0.15, 0.2) is 53.3 Å². The van der Waals surface area contributed by atoms with Crippen molar-refractivity contribution in [3.8, 4) is 0 Å². The minimum Gasteiger partial charge on any atom is -0.453 e. The van der Waals surface area contributed by atoms with E-state index < -0.39 is 18.0 Å². The highest BCUT2D eigenvalue weighted by Crippen LogP contribution is 2.20. The summed E-state index contributed by atoms with van der Waals surface area (Å²) in [4.78, 5) is 40.9. The van der Waals surface area contributed by atoms with Gasteiger partial charge in [0.05, 0.1) is 17.5 Å². The Hall–Kier alpha value is -3.35. The van der Waals surface area contributed by atoms with Gasteiger partial charge in [-0.05, 0) is 36.6 Å². The average molecular weight is 367 g/mol. The first-order chi connectivity index (χ1) is 12.9. The number of hydrogen-bond donors (Lipinski definition) is 3. The normalized spacial score (nSPS) is 13.1. The Morgan fingerprint density at radius 1 is 1.04 bits per heavy atom. The topological polar surface area (TPSA) is 104 Å². The highest BCUT2D eigenvalue weighted by molar-refractivity contribution is 5.96. The fourth-order valence-electron chi connectivity index (χ4n) is 2.80. The molecule has 0 saturated carbocycles. The number of amides is 1. The Bertz CT molecular complexity index is 1010. The van der Waals surface area contributed by atoms with E-state index in [0.29, 0.717) is 16.7 Å². The van der Waals surface area contributed by atoms with E-state index in [0.717, 1.165) is 5.56 Å². The number of H-pyrrole nitrogens is 2. The Balaban J connectivity index is 1.56. The number of carbonyl (C=O) groups excluding carboxylic acids is 2. The van der Waals surface area contributed by atoms with Gasteiger partial charge in [0.25, 0.3) is 5.91 Å². The molecule has 0 spiro atoms. The molecule has 1 heterocycles. The maximum Gasteiger partial charge on any atom is 0.323 e. The molecule has 0 bridgehead atoms. The minimum absolute atomic E-state index is 0.00165. The van der Waals surface area contributed by atoms with Crippen LogP contribution in [-0.4, -0.2) is 27.9 Å². The van der Waals surface area contributed by atoms with Crippen molar-refractivity contribution in [2.75, 3.05) is 5.32 Å². The molecule has 140 valence electrons. The lowest BCUT2D eigenvalue weighted by Gasteiger charge is -2.16. The predicted molar refractivity (Wildman–Crippen MR) is 103 cm³/mol. The molecule has 0 saturated heterocycles. The largest absolute Gasteiger partial charge is 0.453 e. The van der Waals surface area contributed by atoms with Gasteiger partial charge in [-0.2, -0.15) is 0 Å². The van der Waals surface area contributed by atoms with Crippen LogP contribution < -0.4 is 11.0 Å². The summed E-state index contributed by atoms with van der Waals surface area (Å²) in [5.41, 5.74) is 2.46. The fraction of sp³-hybridized carbons (Fsp3) is 0.250. The van der Waals surface area contributed by atoms with Crippen LogP contribution in [0.25, 0.3) is 11.0 Å². The number of esters is 1. The van der Waals surface area contributed by atoms with Crippen molar-refractivity contribution in [1.82, 2.24) is 9.97 Å². The molecule has 0 aliphatic heterocycles. The van der Waals surface area contributed by atoms with Crippen molar-refractivity contribution < 1.29 is 14.3 Å². The molecule has 7 nitrogen and oxygen atoms in total. The molecular weight excluding hydrogens is 346 g/mol. The van der Waals surface area contributed by atoms with E-state index >= 15 is 0 Å². The second-order valence-corrected chi connectivity index (χ2v) is 6.48. The number of anilines is 1. The molecule has 0 aliphatic carbocycles. The van der Waals surface area contributed by atoms with E-state index in [1.54, 1.807) is 18.2 Å². The third-order valence-electron chi connectivity index (χ3n) is 4.30. The number of rotatable bonds is 6. The molecule has 27 heavy (non-hydrogen) atoms. The van der Waals surface area contributed by atoms with Crippen LogP contribution in [0.3, 0.4) is 0 Å². The van der Waals surface area contributed by atoms with Gasteiger partial charge in [-0.15, -0.1) is 0 Å². The Morgan fingerprint density at radius 2 is 1.74 bits per heavy atom. The summed E-state index contributed by atoms with van der Waals surface area (Å²) in [5.74, 6) is -0.867. The first-order valence-electron chi connectivity index (χ1n) is 8.69. The van der Waals surface area contributed by atoms with Crippen LogP contribution in [0, 0.1) is 0 Å². The zero-order valence-electron chi connectivity index (χ0n) is 15.1. The van der Waals surface area contributed by atoms with E-state index in [-0.39, 0.29) is 18.0 Å². The quantitative estimate of drug-likeness (QED) is 0.583. The number of aromatic nitrogens is 2. The minimum atomic E-state index is -0.929. The van der Waals surface area contributed by atoms with Crippen LogP contribution in [0.2, 0.25) is 0 Å². The van der Waals surface area contributed by atoms with Crippen LogP contribution in [0.5, 0.6) is 0 Å². The lowest BCUT2D eigenvalue weighted by atomic mass is 9.98. The Morgan fingerprint density at radius 3 is 2.48 bits per heavy atom. The Labute approximate surface area is 155 Å². The molecule has 7 heteroatoms. The Kier molecular flexibility index (Phi) is 5.40. The summed E-state index contributed by atoms with van der Waals surface area (Å²) < 4.78 is 5.25. The molecule has 0 aliphatic rings. The highest BCUT2D eigenvalue weighted by Gasteiger charge is 2.20. The van der Waals surface area contributed by atoms with E-state index in [2.05, 4.69) is 15.3 Å². The molecule has 3 N–H and O–H groups in total. The SMILES string of the molecule is C[C@H](OC(=O)C[C@@H](C)c1ccccc1)C(=O)Nc1ccc2[nH]c(=O)[nH]c2c1. The first kappa shape index (κ1) is 18.4. The van der Waals surface area contributed by atoms with E-state index in [9.17, 15) is 14.4 Å². The maximum atomic E-state index is 12.3. The standard InChI is InChI=1S/C20H21N3O4/c1-12(14-6-4-3-5-7-14)10-18(24)27-13(2)19(25)21-15-8-9-16-17(11-15)23-20(26)22-16/h3-9,11-13H,10H2,1-2H3,(H,21,25)(H2,22,23,26)/t12-,13+/m1/s1. The molecule has 3 aromatic rings. The molecule has 2 aromatic carbocycles. The van der Waals surface area contributed by atoms with Gasteiger partial charge in [-0.3, -0.25) is 9.59 Å². The van der Waals surface area contributed by atoms with Crippen molar-refractivity contribution in [2.24, 2.45) is 0 Å². The van der Waals surface area contributed by atoms with Gasteiger partial charge in [0.1, 0.15) is 0 Å². The van der Waals surface area contributed by atoms with Gasteiger partial charge in [-0.25, -0.2) is 4.79 Å². The van der Waals surface area contributed by atoms with Crippen molar-refractivity contribution in [2.45, 2.75) is 32.3 Å². The summed E-state index contributed by atoms with van der Waals surface area (Å²) in [6.07, 6.45) is -0.737. The number of imidazole rings is 1. The smallest absolute Gasteiger partial charge is 0.323 e. The van der Waals surface area contributed by atoms with Crippen LogP contribution >= 0.6 is 0 Å². The molecule has 3 rings (SSSR count). The summed E-state index contributed by atoms with van der Waals surface area (Å²) in [5, 5.41) is 2.68. The van der Waals surface area contributed by atoms with Gasteiger partial charge in [-0.1, -0.05) is 37.3 Å². The van der Waals surface area contributed by atoms with Gasteiger partial charge >= 0.3 is 11.7 Å². The van der Waals surface area contributed by atoms with Crippen molar-refractivity contribution in [3.05, 3.63) is 64.6 Å². The van der Waals surface area contributed by atoms with E-state index in [1.165, 1.54) is 6.92 Å². The number of hydrogen-bond acceptors (Lipinski definition) is 4. The molecule has 1 amide bonds. The number of carbonyl (C=O) groups is 2. The lowest BCUT2D eigenvalue weighted by molar-refractivity contribution is -0.153. The monoisotopic (exact) mass is 367 g/mol. The van der Waals surface area contributed by atoms with Gasteiger partial charge in [0.15, 0.2) is 6.10 Å². The first-order valence-corrected chi connectivity index (χ1v) is 8.69. The second-order valence-electron chi connectivity index (χ2n) is 6.48. The number of nitrogens with one attached hydrogen (secondary N) is 3. The van der Waals surface area contributed by atoms with Gasteiger partial charge < -0.3 is 20.0 Å². The van der Waals surface area contributed by atoms with Crippen LogP contribution in [0.4, 0.5) is 5.69 Å². The van der Waals surface area contributed by atoms with Crippen molar-refractivity contribution in [3.63, 3.8) is 0 Å². The molecular formula is C20H21N3O4. The third kappa shape index (κ3) is 4.63. The van der Waals surface area contributed by atoms with Gasteiger partial charge in [0.2, 0.25) is 0 Å². The van der Waals surface area contributed by atoms with Crippen LogP contribution in [0.1, 0.15) is 31.7 Å². The molecule has 0 fully saturated rings. The maximum absolute atomic E-state index is 12.3. The molecule has 1 aromatic heterocycles. The summed E-state index contributed by atoms with van der Waals surface area (Å²) in [7, 11) is 0. The highest BCUT2D eigenvalue weighted by atomic mass is 16.5. The van der Waals surface area contributed by atoms with Crippen LogP contribution in [-0.2, 0) is 14.3 Å². The number of fused-ring (bicyclic) bond motifs is 1. The zero-order chi connectivity index (χ0) is 19.4. The predicted octanol–water partition coefficient (Wildman–Crippen LogP) is 2.92. The van der Waals surface area contributed by atoms with E-state index in [1.807, 2.05) is 37.3 Å². The summed E-state index contributed by atoms with van der Waals surface area (Å²) in [6, 6.07) is 14.6. The number of aromatic amines is 2. The van der Waals surface area contributed by atoms with E-state index in [4.69, 9.17) is 4.74 Å². The third-order valence-corrected chi connectivity index (χ3v) is 4.30. The zero-order valence-corrected chi connectivity index (χ0v) is 15.1. The lowest BCUT2D eigenvalue weighted by Crippen LogP contribution is -2.30. The number of benzene rings is 2. The second kappa shape index (κ2) is 7.90. The summed E-state index contributed by atoms with van der Waals surface area (Å²) in [6.45, 7) is 3.46. The average Bonchev–Trinajstić information content (AvgIpc) is 3.01. The molecule has 0 unspecified atom stereocenters. The summed E-state index contributed by atoms with van der Waals surface area (Å²) >= 11 is 0. The molecule has 2 atom stereocenters.